The molecular weight excluding hydrogens is 536 g/mol. The number of rotatable bonds is 9. The second kappa shape index (κ2) is 12.4. The molecular formula is C24H31BrN4O5S. The molecule has 3 N–H and O–H groups in total. The number of methoxy groups -OCH3 is 1. The fraction of sp³-hybridized carbons (Fsp3) is 0.417. The molecule has 1 aliphatic heterocycles. The van der Waals surface area contributed by atoms with E-state index in [-0.39, 0.29) is 10.8 Å². The number of benzene rings is 2. The number of amides is 3. The lowest BCUT2D eigenvalue weighted by molar-refractivity contribution is 0.0951. The van der Waals surface area contributed by atoms with Gasteiger partial charge < -0.3 is 10.1 Å². The lowest BCUT2D eigenvalue weighted by Crippen LogP contribution is -2.51. The SMILES string of the molecule is CCC1CCN(NC(=O)NS(=O)(=O)c2ccc(CCNC(=O)c3cc(Br)ccc3OC)cc2)CC1. The lowest BCUT2D eigenvalue weighted by atomic mass is 9.95. The van der Waals surface area contributed by atoms with E-state index in [4.69, 9.17) is 4.74 Å². The molecule has 2 aromatic carbocycles. The molecule has 3 rings (SSSR count). The summed E-state index contributed by atoms with van der Waals surface area (Å²) < 4.78 is 33.2. The number of nitrogens with zero attached hydrogens (tertiary/aromatic N) is 1. The van der Waals surface area contributed by atoms with Gasteiger partial charge in [-0.15, -0.1) is 0 Å². The van der Waals surface area contributed by atoms with Crippen molar-refractivity contribution in [2.45, 2.75) is 37.5 Å². The highest BCUT2D eigenvalue weighted by molar-refractivity contribution is 9.10. The maximum absolute atomic E-state index is 12.6. The number of nitrogens with one attached hydrogen (secondary N) is 3. The van der Waals surface area contributed by atoms with Crippen molar-refractivity contribution in [2.75, 3.05) is 26.7 Å². The summed E-state index contributed by atoms with van der Waals surface area (Å²) in [6.07, 6.45) is 3.56. The van der Waals surface area contributed by atoms with Crippen molar-refractivity contribution in [3.8, 4) is 5.75 Å². The molecule has 3 amide bonds. The Morgan fingerprint density at radius 2 is 1.80 bits per heavy atom. The van der Waals surface area contributed by atoms with Gasteiger partial charge in [0.1, 0.15) is 5.75 Å². The standard InChI is InChI=1S/C24H31BrN4O5S/c1-3-17-11-14-29(15-12-17)27-24(31)28-35(32,33)20-7-4-18(5-8-20)10-13-26-23(30)21-16-19(25)6-9-22(21)34-2/h4-9,16-17H,3,10-15H2,1-2H3,(H,26,30)(H2,27,28,31). The minimum absolute atomic E-state index is 0.0102. The summed E-state index contributed by atoms with van der Waals surface area (Å²) in [6.45, 7) is 3.91. The lowest BCUT2D eigenvalue weighted by Gasteiger charge is -2.31. The van der Waals surface area contributed by atoms with Crippen LogP contribution in [0.4, 0.5) is 4.79 Å². The van der Waals surface area contributed by atoms with Gasteiger partial charge in [-0.3, -0.25) is 10.2 Å². The number of carbonyl (C=O) groups is 2. The Balaban J connectivity index is 1.49. The van der Waals surface area contributed by atoms with Crippen molar-refractivity contribution in [1.29, 1.82) is 0 Å². The summed E-state index contributed by atoms with van der Waals surface area (Å²) >= 11 is 3.35. The van der Waals surface area contributed by atoms with Crippen molar-refractivity contribution in [2.24, 2.45) is 5.92 Å². The average Bonchev–Trinajstić information content (AvgIpc) is 2.84. The zero-order chi connectivity index (χ0) is 25.4. The topological polar surface area (TPSA) is 117 Å². The average molecular weight is 568 g/mol. The minimum atomic E-state index is -4.00. The third-order valence-electron chi connectivity index (χ3n) is 6.02. The van der Waals surface area contributed by atoms with Crippen LogP contribution in [-0.4, -0.2) is 52.1 Å². The van der Waals surface area contributed by atoms with Crippen LogP contribution in [0.15, 0.2) is 51.8 Å². The molecule has 11 heteroatoms. The Kier molecular flexibility index (Phi) is 9.53. The summed E-state index contributed by atoms with van der Waals surface area (Å²) in [6, 6.07) is 10.6. The van der Waals surface area contributed by atoms with Crippen molar-refractivity contribution in [3.05, 3.63) is 58.1 Å². The van der Waals surface area contributed by atoms with Gasteiger partial charge in [0.05, 0.1) is 17.6 Å². The number of piperidine rings is 1. The predicted molar refractivity (Wildman–Crippen MR) is 137 cm³/mol. The highest BCUT2D eigenvalue weighted by atomic mass is 79.9. The molecule has 2 aromatic rings. The molecule has 9 nitrogen and oxygen atoms in total. The molecule has 1 saturated heterocycles. The molecule has 0 aliphatic carbocycles. The van der Waals surface area contributed by atoms with Gasteiger partial charge >= 0.3 is 6.03 Å². The first-order chi connectivity index (χ1) is 16.7. The number of ether oxygens (including phenoxy) is 1. The molecule has 0 atom stereocenters. The van der Waals surface area contributed by atoms with E-state index in [1.54, 1.807) is 35.3 Å². The van der Waals surface area contributed by atoms with Crippen LogP contribution in [-0.2, 0) is 16.4 Å². The van der Waals surface area contributed by atoms with Crippen molar-refractivity contribution < 1.29 is 22.7 Å². The first kappa shape index (κ1) is 27.0. The first-order valence-corrected chi connectivity index (χ1v) is 13.8. The Hall–Kier alpha value is -2.63. The molecule has 1 heterocycles. The van der Waals surface area contributed by atoms with Crippen LogP contribution in [0.1, 0.15) is 42.1 Å². The van der Waals surface area contributed by atoms with E-state index in [1.165, 1.54) is 19.2 Å². The van der Waals surface area contributed by atoms with E-state index in [1.807, 2.05) is 0 Å². The number of carbonyl (C=O) groups excluding carboxylic acids is 2. The fourth-order valence-corrected chi connectivity index (χ4v) is 5.17. The van der Waals surface area contributed by atoms with Crippen LogP contribution in [0.3, 0.4) is 0 Å². The summed E-state index contributed by atoms with van der Waals surface area (Å²) in [7, 11) is -2.50. The maximum Gasteiger partial charge on any atom is 0.343 e. The quantitative estimate of drug-likeness (QED) is 0.428. The Morgan fingerprint density at radius 3 is 2.43 bits per heavy atom. The van der Waals surface area contributed by atoms with E-state index >= 15 is 0 Å². The summed E-state index contributed by atoms with van der Waals surface area (Å²) in [4.78, 5) is 24.7. The summed E-state index contributed by atoms with van der Waals surface area (Å²) in [5, 5.41) is 4.59. The largest absolute Gasteiger partial charge is 0.496 e. The first-order valence-electron chi connectivity index (χ1n) is 11.5. The molecule has 0 unspecified atom stereocenters. The Labute approximate surface area is 214 Å². The smallest absolute Gasteiger partial charge is 0.343 e. The van der Waals surface area contributed by atoms with Gasteiger partial charge in [0.25, 0.3) is 15.9 Å². The number of hydrogen-bond acceptors (Lipinski definition) is 6. The van der Waals surface area contributed by atoms with Crippen LogP contribution in [0.25, 0.3) is 0 Å². The van der Waals surface area contributed by atoms with E-state index in [2.05, 4.69) is 38.3 Å². The van der Waals surface area contributed by atoms with Gasteiger partial charge in [-0.1, -0.05) is 41.4 Å². The second-order valence-electron chi connectivity index (χ2n) is 8.38. The molecule has 0 radical (unpaired) electrons. The van der Waals surface area contributed by atoms with Gasteiger partial charge in [0.15, 0.2) is 0 Å². The van der Waals surface area contributed by atoms with Gasteiger partial charge in [0, 0.05) is 24.1 Å². The highest BCUT2D eigenvalue weighted by Crippen LogP contribution is 2.23. The van der Waals surface area contributed by atoms with Gasteiger partial charge in [0.2, 0.25) is 0 Å². The molecule has 190 valence electrons. The van der Waals surface area contributed by atoms with Gasteiger partial charge in [-0.05, 0) is 61.1 Å². The molecule has 0 saturated carbocycles. The van der Waals surface area contributed by atoms with E-state index < -0.39 is 16.1 Å². The van der Waals surface area contributed by atoms with Crippen molar-refractivity contribution in [1.82, 2.24) is 20.5 Å². The van der Waals surface area contributed by atoms with Gasteiger partial charge in [-0.2, -0.15) is 0 Å². The van der Waals surface area contributed by atoms with Crippen molar-refractivity contribution in [3.63, 3.8) is 0 Å². The van der Waals surface area contributed by atoms with Crippen LogP contribution in [0.5, 0.6) is 5.75 Å². The predicted octanol–water partition coefficient (Wildman–Crippen LogP) is 3.46. The fourth-order valence-electron chi connectivity index (χ4n) is 3.91. The summed E-state index contributed by atoms with van der Waals surface area (Å²) in [5.74, 6) is 0.855. The maximum atomic E-state index is 12.6. The molecule has 0 aromatic heterocycles. The zero-order valence-electron chi connectivity index (χ0n) is 19.8. The highest BCUT2D eigenvalue weighted by Gasteiger charge is 2.22. The van der Waals surface area contributed by atoms with Gasteiger partial charge in [-0.25, -0.2) is 22.9 Å². The minimum Gasteiger partial charge on any atom is -0.496 e. The molecule has 0 spiro atoms. The second-order valence-corrected chi connectivity index (χ2v) is 11.0. The van der Waals surface area contributed by atoms with E-state index in [0.29, 0.717) is 43.3 Å². The number of hydrogen-bond donors (Lipinski definition) is 3. The Morgan fingerprint density at radius 1 is 1.11 bits per heavy atom. The normalized spacial score (nSPS) is 14.8. The third kappa shape index (κ3) is 7.68. The van der Waals surface area contributed by atoms with Crippen LogP contribution in [0.2, 0.25) is 0 Å². The third-order valence-corrected chi connectivity index (χ3v) is 7.86. The molecule has 1 fully saturated rings. The monoisotopic (exact) mass is 566 g/mol. The summed E-state index contributed by atoms with van der Waals surface area (Å²) in [5.41, 5.74) is 3.88. The number of urea groups is 1. The molecule has 35 heavy (non-hydrogen) atoms. The van der Waals surface area contributed by atoms with Crippen LogP contribution in [0, 0.1) is 5.92 Å². The van der Waals surface area contributed by atoms with Crippen molar-refractivity contribution >= 4 is 37.9 Å². The van der Waals surface area contributed by atoms with E-state index in [9.17, 15) is 18.0 Å². The number of hydrazine groups is 1. The van der Waals surface area contributed by atoms with E-state index in [0.717, 1.165) is 29.3 Å². The molecule has 0 bridgehead atoms. The number of sulfonamides is 1. The van der Waals surface area contributed by atoms with Crippen LogP contribution < -0.4 is 20.2 Å². The molecule has 1 aliphatic rings. The van der Waals surface area contributed by atoms with Crippen LogP contribution >= 0.6 is 15.9 Å². The Bertz CT molecular complexity index is 1130. The number of halogens is 1. The zero-order valence-corrected chi connectivity index (χ0v) is 22.2.